The van der Waals surface area contributed by atoms with Gasteiger partial charge in [0.1, 0.15) is 4.21 Å². The maximum absolute atomic E-state index is 12.2. The monoisotopic (exact) mass is 262 g/mol. The summed E-state index contributed by atoms with van der Waals surface area (Å²) in [6.07, 6.45) is 0. The lowest BCUT2D eigenvalue weighted by Gasteiger charge is -2.21. The van der Waals surface area contributed by atoms with E-state index in [0.29, 0.717) is 10.8 Å². The fourth-order valence-corrected chi connectivity index (χ4v) is 4.27. The summed E-state index contributed by atoms with van der Waals surface area (Å²) in [7, 11) is -1.81. The minimum absolute atomic E-state index is 0.187. The Hall–Kier alpha value is -0.430. The van der Waals surface area contributed by atoms with E-state index in [1.54, 1.807) is 20.0 Å². The van der Waals surface area contributed by atoms with Crippen LogP contribution in [0.5, 0.6) is 0 Å². The highest BCUT2D eigenvalue weighted by Gasteiger charge is 2.26. The van der Waals surface area contributed by atoms with Crippen molar-refractivity contribution in [2.45, 2.75) is 31.0 Å². The fourth-order valence-electron chi connectivity index (χ4n) is 1.19. The number of aryl methyl sites for hydroxylation is 2. The zero-order chi connectivity index (χ0) is 12.5. The Morgan fingerprint density at radius 2 is 2.06 bits per heavy atom. The molecule has 1 heterocycles. The predicted molar refractivity (Wildman–Crippen MR) is 67.3 cm³/mol. The number of rotatable bonds is 4. The van der Waals surface area contributed by atoms with Crippen molar-refractivity contribution in [3.63, 3.8) is 0 Å². The van der Waals surface area contributed by atoms with Gasteiger partial charge in [0.05, 0.1) is 0 Å². The van der Waals surface area contributed by atoms with Crippen LogP contribution < -0.4 is 5.73 Å². The topological polar surface area (TPSA) is 63.4 Å². The molecule has 0 amide bonds. The van der Waals surface area contributed by atoms with Crippen molar-refractivity contribution < 1.29 is 8.42 Å². The van der Waals surface area contributed by atoms with E-state index in [2.05, 4.69) is 0 Å². The number of hydrogen-bond donors (Lipinski definition) is 1. The molecule has 0 aliphatic rings. The van der Waals surface area contributed by atoms with Crippen LogP contribution in [0.3, 0.4) is 0 Å². The summed E-state index contributed by atoms with van der Waals surface area (Å²) in [6, 6.07) is 1.53. The Bertz CT molecular complexity index is 446. The quantitative estimate of drug-likeness (QED) is 0.890. The maximum Gasteiger partial charge on any atom is 0.252 e. The summed E-state index contributed by atoms with van der Waals surface area (Å²) in [4.78, 5) is 1.03. The molecule has 0 aliphatic carbocycles. The summed E-state index contributed by atoms with van der Waals surface area (Å²) < 4.78 is 26.1. The van der Waals surface area contributed by atoms with Crippen LogP contribution in [0.15, 0.2) is 10.3 Å². The van der Waals surface area contributed by atoms with Gasteiger partial charge in [-0.25, -0.2) is 8.42 Å². The van der Waals surface area contributed by atoms with Gasteiger partial charge in [-0.05, 0) is 32.4 Å². The molecule has 92 valence electrons. The first kappa shape index (κ1) is 13.6. The summed E-state index contributed by atoms with van der Waals surface area (Å²) in [5.41, 5.74) is 6.49. The molecule has 1 rings (SSSR count). The molecule has 0 spiro atoms. The number of nitrogens with two attached hydrogens (primary N) is 1. The van der Waals surface area contributed by atoms with Gasteiger partial charge in [-0.15, -0.1) is 11.3 Å². The molecule has 0 saturated heterocycles. The zero-order valence-electron chi connectivity index (χ0n) is 10.0. The van der Waals surface area contributed by atoms with Gasteiger partial charge in [0, 0.05) is 24.5 Å². The number of nitrogens with zero attached hydrogens (tertiary/aromatic N) is 1. The standard InChI is InChI=1S/C10H18N2O2S2/c1-7-5-10(15-9(7)3)16(13,14)12(4)8(2)6-11/h5,8H,6,11H2,1-4H3. The molecule has 16 heavy (non-hydrogen) atoms. The molecule has 1 unspecified atom stereocenters. The maximum atomic E-state index is 12.2. The van der Waals surface area contributed by atoms with Gasteiger partial charge < -0.3 is 5.73 Å². The Labute approximate surface area is 101 Å². The van der Waals surface area contributed by atoms with E-state index < -0.39 is 10.0 Å². The Morgan fingerprint density at radius 1 is 1.50 bits per heavy atom. The summed E-state index contributed by atoms with van der Waals surface area (Å²) in [5, 5.41) is 0. The molecule has 2 N–H and O–H groups in total. The van der Waals surface area contributed by atoms with Gasteiger partial charge in [-0.1, -0.05) is 0 Å². The molecule has 1 aromatic rings. The van der Waals surface area contributed by atoms with Crippen LogP contribution in [-0.2, 0) is 10.0 Å². The van der Waals surface area contributed by atoms with Crippen LogP contribution in [0, 0.1) is 13.8 Å². The van der Waals surface area contributed by atoms with Gasteiger partial charge in [0.2, 0.25) is 0 Å². The second kappa shape index (κ2) is 4.83. The highest BCUT2D eigenvalue weighted by molar-refractivity contribution is 7.91. The fraction of sp³-hybridized carbons (Fsp3) is 0.600. The van der Waals surface area contributed by atoms with E-state index in [0.717, 1.165) is 10.4 Å². The van der Waals surface area contributed by atoms with E-state index in [1.165, 1.54) is 15.6 Å². The van der Waals surface area contributed by atoms with Crippen molar-refractivity contribution in [1.29, 1.82) is 0 Å². The summed E-state index contributed by atoms with van der Waals surface area (Å²) in [5.74, 6) is 0. The van der Waals surface area contributed by atoms with Crippen LogP contribution in [0.1, 0.15) is 17.4 Å². The molecule has 6 heteroatoms. The minimum Gasteiger partial charge on any atom is -0.329 e. The third-order valence-electron chi connectivity index (χ3n) is 2.74. The van der Waals surface area contributed by atoms with E-state index in [9.17, 15) is 8.42 Å². The average Bonchev–Trinajstić information content (AvgIpc) is 2.57. The van der Waals surface area contributed by atoms with Gasteiger partial charge in [-0.2, -0.15) is 4.31 Å². The first-order valence-corrected chi connectivity index (χ1v) is 7.31. The van der Waals surface area contributed by atoms with E-state index in [4.69, 9.17) is 5.73 Å². The van der Waals surface area contributed by atoms with Gasteiger partial charge in [0.15, 0.2) is 0 Å². The predicted octanol–water partition coefficient (Wildman–Crippen LogP) is 1.33. The molecule has 0 bridgehead atoms. The van der Waals surface area contributed by atoms with E-state index >= 15 is 0 Å². The Balaban J connectivity index is 3.11. The van der Waals surface area contributed by atoms with Gasteiger partial charge >= 0.3 is 0 Å². The average molecular weight is 262 g/mol. The molecule has 0 radical (unpaired) electrons. The lowest BCUT2D eigenvalue weighted by molar-refractivity contribution is 0.395. The van der Waals surface area contributed by atoms with Gasteiger partial charge in [-0.3, -0.25) is 0 Å². The molecule has 1 aromatic heterocycles. The molecule has 0 saturated carbocycles. The molecule has 0 aromatic carbocycles. The molecule has 0 aliphatic heterocycles. The van der Waals surface area contributed by atoms with Crippen molar-refractivity contribution in [2.75, 3.05) is 13.6 Å². The molecule has 0 fully saturated rings. The van der Waals surface area contributed by atoms with Crippen LogP contribution in [0.4, 0.5) is 0 Å². The van der Waals surface area contributed by atoms with Gasteiger partial charge in [0.25, 0.3) is 10.0 Å². The molecule has 1 atom stereocenters. The highest BCUT2D eigenvalue weighted by atomic mass is 32.2. The Kier molecular flexibility index (Phi) is 4.12. The second-order valence-electron chi connectivity index (χ2n) is 3.91. The summed E-state index contributed by atoms with van der Waals surface area (Å²) >= 11 is 1.31. The van der Waals surface area contributed by atoms with Crippen LogP contribution in [0.2, 0.25) is 0 Å². The number of sulfonamides is 1. The van der Waals surface area contributed by atoms with Crippen molar-refractivity contribution in [2.24, 2.45) is 5.73 Å². The van der Waals surface area contributed by atoms with E-state index in [1.807, 2.05) is 13.8 Å². The lowest BCUT2D eigenvalue weighted by Crippen LogP contribution is -2.39. The third-order valence-corrected chi connectivity index (χ3v) is 6.31. The lowest BCUT2D eigenvalue weighted by atomic mass is 10.3. The number of thiophene rings is 1. The van der Waals surface area contributed by atoms with Crippen molar-refractivity contribution in [3.05, 3.63) is 16.5 Å². The van der Waals surface area contributed by atoms with Crippen molar-refractivity contribution in [1.82, 2.24) is 4.31 Å². The first-order chi connectivity index (χ1) is 7.30. The highest BCUT2D eigenvalue weighted by Crippen LogP contribution is 2.27. The number of likely N-dealkylation sites (N-methyl/N-ethyl adjacent to an activating group) is 1. The largest absolute Gasteiger partial charge is 0.329 e. The molecule has 4 nitrogen and oxygen atoms in total. The minimum atomic E-state index is -3.38. The SMILES string of the molecule is Cc1cc(S(=O)(=O)N(C)C(C)CN)sc1C. The van der Waals surface area contributed by atoms with Crippen molar-refractivity contribution in [3.8, 4) is 0 Å². The third kappa shape index (κ3) is 2.45. The molecular weight excluding hydrogens is 244 g/mol. The number of hydrogen-bond acceptors (Lipinski definition) is 4. The normalized spacial score (nSPS) is 14.4. The van der Waals surface area contributed by atoms with Crippen LogP contribution >= 0.6 is 11.3 Å². The first-order valence-electron chi connectivity index (χ1n) is 5.05. The Morgan fingerprint density at radius 3 is 2.44 bits per heavy atom. The van der Waals surface area contributed by atoms with Crippen molar-refractivity contribution >= 4 is 21.4 Å². The van der Waals surface area contributed by atoms with Crippen LogP contribution in [-0.4, -0.2) is 32.4 Å². The molecular formula is C10H18N2O2S2. The zero-order valence-corrected chi connectivity index (χ0v) is 11.7. The smallest absolute Gasteiger partial charge is 0.252 e. The second-order valence-corrected chi connectivity index (χ2v) is 7.39. The van der Waals surface area contributed by atoms with E-state index in [-0.39, 0.29) is 6.04 Å². The summed E-state index contributed by atoms with van der Waals surface area (Å²) in [6.45, 7) is 5.95. The van der Waals surface area contributed by atoms with Crippen LogP contribution in [0.25, 0.3) is 0 Å².